The summed E-state index contributed by atoms with van der Waals surface area (Å²) >= 11 is 0. The van der Waals surface area contributed by atoms with E-state index in [1.165, 1.54) is 0 Å². The van der Waals surface area contributed by atoms with Crippen LogP contribution in [0, 0.1) is 0 Å². The van der Waals surface area contributed by atoms with Gasteiger partial charge in [0, 0.05) is 48.0 Å². The van der Waals surface area contributed by atoms with E-state index in [1.54, 1.807) is 12.4 Å². The van der Waals surface area contributed by atoms with Gasteiger partial charge in [-0.3, -0.25) is 14.9 Å². The van der Waals surface area contributed by atoms with Crippen LogP contribution in [0.2, 0.25) is 0 Å². The fourth-order valence-electron chi connectivity index (χ4n) is 4.08. The number of rotatable bonds is 3. The molecule has 4 heterocycles. The molecule has 1 amide bonds. The summed E-state index contributed by atoms with van der Waals surface area (Å²) in [4.78, 5) is 23.6. The van der Waals surface area contributed by atoms with Gasteiger partial charge in [0.25, 0.3) is 5.91 Å². The van der Waals surface area contributed by atoms with Gasteiger partial charge < -0.3 is 10.6 Å². The lowest BCUT2D eigenvalue weighted by Crippen LogP contribution is -2.28. The molecule has 0 spiro atoms. The van der Waals surface area contributed by atoms with E-state index in [0.29, 0.717) is 24.5 Å². The highest BCUT2D eigenvalue weighted by Crippen LogP contribution is 2.34. The zero-order valence-corrected chi connectivity index (χ0v) is 15.7. The van der Waals surface area contributed by atoms with Crippen molar-refractivity contribution in [3.05, 3.63) is 72.3 Å². The van der Waals surface area contributed by atoms with E-state index >= 15 is 0 Å². The first-order chi connectivity index (χ1) is 14.2. The summed E-state index contributed by atoms with van der Waals surface area (Å²) in [6, 6.07) is 13.4. The number of carbonyl (C=O) groups is 1. The molecule has 0 bridgehead atoms. The summed E-state index contributed by atoms with van der Waals surface area (Å²) in [5.41, 5.74) is 10.2. The van der Waals surface area contributed by atoms with E-state index in [0.717, 1.165) is 34.1 Å². The summed E-state index contributed by atoms with van der Waals surface area (Å²) in [6.07, 6.45) is 6.10. The number of hydrogen-bond acceptors (Lipinski definition) is 5. The van der Waals surface area contributed by atoms with E-state index in [9.17, 15) is 4.79 Å². The number of amides is 1. The highest BCUT2D eigenvalue weighted by molar-refractivity contribution is 6.05. The standard InChI is InChI=1S/C22H20N6O/c23-19-11-15(6-9-24-19)18-12-26-27-21(18)16-7-10-28(13-16)22(29)17-5-1-3-14-4-2-8-25-20(14)17/h1-6,8-9,11-12,16H,7,10,13H2,(H2,23,24)(H,26,27)/t16-/m0/s1. The van der Waals surface area contributed by atoms with Crippen LogP contribution >= 0.6 is 0 Å². The summed E-state index contributed by atoms with van der Waals surface area (Å²) in [6.45, 7) is 1.33. The zero-order valence-electron chi connectivity index (χ0n) is 15.7. The second-order valence-electron chi connectivity index (χ2n) is 7.28. The second-order valence-corrected chi connectivity index (χ2v) is 7.28. The molecular weight excluding hydrogens is 364 g/mol. The van der Waals surface area contributed by atoms with Crippen LogP contribution < -0.4 is 5.73 Å². The Bertz CT molecular complexity index is 1200. The van der Waals surface area contributed by atoms with E-state index in [1.807, 2.05) is 53.6 Å². The van der Waals surface area contributed by atoms with Crippen molar-refractivity contribution in [1.82, 2.24) is 25.1 Å². The normalized spacial score (nSPS) is 16.4. The largest absolute Gasteiger partial charge is 0.384 e. The third kappa shape index (κ3) is 3.10. The second kappa shape index (κ2) is 7.01. The van der Waals surface area contributed by atoms with Crippen LogP contribution in [0.15, 0.2) is 61.1 Å². The van der Waals surface area contributed by atoms with Crippen LogP contribution in [-0.2, 0) is 0 Å². The smallest absolute Gasteiger partial charge is 0.256 e. The average molecular weight is 384 g/mol. The van der Waals surface area contributed by atoms with Gasteiger partial charge in [-0.25, -0.2) is 4.98 Å². The van der Waals surface area contributed by atoms with Crippen molar-refractivity contribution in [2.45, 2.75) is 12.3 Å². The maximum absolute atomic E-state index is 13.2. The highest BCUT2D eigenvalue weighted by Gasteiger charge is 2.31. The lowest BCUT2D eigenvalue weighted by Gasteiger charge is -2.17. The molecule has 29 heavy (non-hydrogen) atoms. The minimum Gasteiger partial charge on any atom is -0.384 e. The summed E-state index contributed by atoms with van der Waals surface area (Å²) < 4.78 is 0. The fraction of sp³-hybridized carbons (Fsp3) is 0.182. The summed E-state index contributed by atoms with van der Waals surface area (Å²) in [7, 11) is 0. The molecule has 0 saturated carbocycles. The summed E-state index contributed by atoms with van der Waals surface area (Å²) in [5.74, 6) is 0.682. The Labute approximate surface area is 167 Å². The van der Waals surface area contributed by atoms with Crippen molar-refractivity contribution < 1.29 is 4.79 Å². The molecule has 0 radical (unpaired) electrons. The first-order valence-electron chi connectivity index (χ1n) is 9.59. The van der Waals surface area contributed by atoms with Crippen molar-refractivity contribution >= 4 is 22.6 Å². The maximum atomic E-state index is 13.2. The number of aromatic amines is 1. The van der Waals surface area contributed by atoms with E-state index in [-0.39, 0.29) is 11.8 Å². The number of anilines is 1. The van der Waals surface area contributed by atoms with Gasteiger partial charge in [-0.1, -0.05) is 18.2 Å². The van der Waals surface area contributed by atoms with Crippen LogP contribution in [0.1, 0.15) is 28.4 Å². The number of nitrogens with one attached hydrogen (secondary N) is 1. The van der Waals surface area contributed by atoms with Crippen LogP contribution in [0.25, 0.3) is 22.0 Å². The van der Waals surface area contributed by atoms with E-state index < -0.39 is 0 Å². The quantitative estimate of drug-likeness (QED) is 0.565. The molecule has 5 rings (SSSR count). The summed E-state index contributed by atoms with van der Waals surface area (Å²) in [5, 5.41) is 8.35. The number of nitrogen functional groups attached to an aromatic ring is 1. The van der Waals surface area contributed by atoms with Gasteiger partial charge in [-0.05, 0) is 36.2 Å². The molecule has 4 aromatic rings. The van der Waals surface area contributed by atoms with Gasteiger partial charge in [0.1, 0.15) is 5.82 Å². The molecule has 7 heteroatoms. The number of nitrogens with two attached hydrogens (primary N) is 1. The highest BCUT2D eigenvalue weighted by atomic mass is 16.2. The molecule has 0 unspecified atom stereocenters. The maximum Gasteiger partial charge on any atom is 0.256 e. The Hall–Kier alpha value is -3.74. The van der Waals surface area contributed by atoms with Crippen LogP contribution in [0.3, 0.4) is 0 Å². The third-order valence-electron chi connectivity index (χ3n) is 5.51. The number of hydrogen-bond donors (Lipinski definition) is 2. The Morgan fingerprint density at radius 3 is 2.93 bits per heavy atom. The fourth-order valence-corrected chi connectivity index (χ4v) is 4.08. The van der Waals surface area contributed by atoms with Crippen molar-refractivity contribution in [3.63, 3.8) is 0 Å². The van der Waals surface area contributed by atoms with Gasteiger partial charge in [0.05, 0.1) is 17.3 Å². The molecule has 1 aliphatic rings. The van der Waals surface area contributed by atoms with Crippen molar-refractivity contribution in [3.8, 4) is 11.1 Å². The number of pyridine rings is 2. The third-order valence-corrected chi connectivity index (χ3v) is 5.51. The van der Waals surface area contributed by atoms with Gasteiger partial charge in [0.15, 0.2) is 0 Å². The molecule has 7 nitrogen and oxygen atoms in total. The van der Waals surface area contributed by atoms with Crippen molar-refractivity contribution in [2.75, 3.05) is 18.8 Å². The number of fused-ring (bicyclic) bond motifs is 1. The molecular formula is C22H20N6O. The molecule has 0 aliphatic carbocycles. The minimum absolute atomic E-state index is 0.0195. The topological polar surface area (TPSA) is 101 Å². The van der Waals surface area contributed by atoms with Crippen LogP contribution in [0.4, 0.5) is 5.82 Å². The van der Waals surface area contributed by atoms with Crippen LogP contribution in [0.5, 0.6) is 0 Å². The number of para-hydroxylation sites is 1. The van der Waals surface area contributed by atoms with Gasteiger partial charge in [0.2, 0.25) is 0 Å². The average Bonchev–Trinajstić information content (AvgIpc) is 3.42. The number of likely N-dealkylation sites (tertiary alicyclic amines) is 1. The number of benzene rings is 1. The minimum atomic E-state index is 0.0195. The molecule has 1 atom stereocenters. The Balaban J connectivity index is 1.41. The lowest BCUT2D eigenvalue weighted by atomic mass is 9.97. The number of H-pyrrole nitrogens is 1. The molecule has 1 fully saturated rings. The molecule has 3 aromatic heterocycles. The molecule has 1 saturated heterocycles. The Morgan fingerprint density at radius 1 is 1.14 bits per heavy atom. The predicted octanol–water partition coefficient (Wildman–Crippen LogP) is 3.23. The van der Waals surface area contributed by atoms with E-state index in [2.05, 4.69) is 20.2 Å². The number of aromatic nitrogens is 4. The predicted molar refractivity (Wildman–Crippen MR) is 111 cm³/mol. The zero-order chi connectivity index (χ0) is 19.8. The molecule has 1 aliphatic heterocycles. The number of nitrogens with zero attached hydrogens (tertiary/aromatic N) is 4. The molecule has 3 N–H and O–H groups in total. The Kier molecular flexibility index (Phi) is 4.20. The molecule has 1 aromatic carbocycles. The SMILES string of the molecule is Nc1cc(-c2cn[nH]c2[C@H]2CCN(C(=O)c3cccc4cccnc34)C2)ccn1. The van der Waals surface area contributed by atoms with Crippen molar-refractivity contribution in [1.29, 1.82) is 0 Å². The lowest BCUT2D eigenvalue weighted by molar-refractivity contribution is 0.0792. The van der Waals surface area contributed by atoms with Gasteiger partial charge in [-0.2, -0.15) is 5.10 Å². The van der Waals surface area contributed by atoms with Crippen molar-refractivity contribution in [2.24, 2.45) is 0 Å². The van der Waals surface area contributed by atoms with Crippen LogP contribution in [-0.4, -0.2) is 44.1 Å². The molecule has 144 valence electrons. The number of carbonyl (C=O) groups excluding carboxylic acids is 1. The monoisotopic (exact) mass is 384 g/mol. The first-order valence-corrected chi connectivity index (χ1v) is 9.59. The van der Waals surface area contributed by atoms with Gasteiger partial charge >= 0.3 is 0 Å². The van der Waals surface area contributed by atoms with Gasteiger partial charge in [-0.15, -0.1) is 0 Å². The first kappa shape index (κ1) is 17.4. The Morgan fingerprint density at radius 2 is 2.03 bits per heavy atom. The van der Waals surface area contributed by atoms with E-state index in [4.69, 9.17) is 5.73 Å².